The highest BCUT2D eigenvalue weighted by molar-refractivity contribution is 6.74. The first kappa shape index (κ1) is 32.1. The fraction of sp³-hybridized carbons (Fsp3) is 0.742. The summed E-state index contributed by atoms with van der Waals surface area (Å²) in [6.07, 6.45) is 6.49. The fourth-order valence-corrected chi connectivity index (χ4v) is 7.17. The minimum Gasteiger partial charge on any atom is -0.443 e. The van der Waals surface area contributed by atoms with E-state index in [1.165, 1.54) is 6.20 Å². The summed E-state index contributed by atoms with van der Waals surface area (Å²) in [5, 5.41) is 10.1. The second kappa shape index (κ2) is 10.8. The molecule has 0 aromatic carbocycles. The number of carbonyl (C=O) groups is 2. The van der Waals surface area contributed by atoms with Crippen molar-refractivity contribution in [3.63, 3.8) is 0 Å². The molecule has 2 bridgehead atoms. The van der Waals surface area contributed by atoms with Gasteiger partial charge in [0.2, 0.25) is 0 Å². The van der Waals surface area contributed by atoms with Crippen molar-refractivity contribution in [2.45, 2.75) is 142 Å². The minimum absolute atomic E-state index is 0.0452. The monoisotopic (exact) mass is 571 g/mol. The van der Waals surface area contributed by atoms with E-state index < -0.39 is 31.7 Å². The Morgan fingerprint density at radius 3 is 1.80 bits per heavy atom. The first-order valence-electron chi connectivity index (χ1n) is 14.5. The number of pyridine rings is 1. The predicted octanol–water partition coefficient (Wildman–Crippen LogP) is 8.29. The first-order chi connectivity index (χ1) is 18.1. The molecule has 8 nitrogen and oxygen atoms in total. The zero-order chi connectivity index (χ0) is 30.4. The number of amides is 2. The molecule has 0 N–H and O–H groups in total. The van der Waals surface area contributed by atoms with Crippen molar-refractivity contribution in [3.8, 4) is 6.07 Å². The average molecular weight is 572 g/mol. The maximum Gasteiger partial charge on any atom is 0.425 e. The van der Waals surface area contributed by atoms with Gasteiger partial charge in [-0.2, -0.15) is 10.2 Å². The van der Waals surface area contributed by atoms with Crippen LogP contribution in [0.4, 0.5) is 15.4 Å². The number of nitriles is 1. The molecule has 3 saturated carbocycles. The first-order valence-corrected chi connectivity index (χ1v) is 17.4. The zero-order valence-corrected chi connectivity index (χ0v) is 27.5. The van der Waals surface area contributed by atoms with Crippen LogP contribution in [0, 0.1) is 16.7 Å². The zero-order valence-electron chi connectivity index (χ0n) is 26.5. The van der Waals surface area contributed by atoms with Crippen LogP contribution in [-0.4, -0.2) is 42.3 Å². The summed E-state index contributed by atoms with van der Waals surface area (Å²) >= 11 is 0. The normalized spacial score (nSPS) is 23.4. The Morgan fingerprint density at radius 1 is 0.925 bits per heavy atom. The van der Waals surface area contributed by atoms with Crippen molar-refractivity contribution in [3.05, 3.63) is 23.4 Å². The van der Waals surface area contributed by atoms with Gasteiger partial charge >= 0.3 is 12.2 Å². The van der Waals surface area contributed by atoms with Crippen LogP contribution in [0.15, 0.2) is 12.3 Å². The maximum atomic E-state index is 13.2. The Kier molecular flexibility index (Phi) is 8.62. The van der Waals surface area contributed by atoms with E-state index in [1.807, 2.05) is 0 Å². The fourth-order valence-electron chi connectivity index (χ4n) is 5.48. The number of carbonyl (C=O) groups excluding carboxylic acids is 2. The molecule has 3 fully saturated rings. The molecule has 3 aliphatic carbocycles. The van der Waals surface area contributed by atoms with Gasteiger partial charge in [-0.3, -0.25) is 0 Å². The number of ether oxygens (including phenoxy) is 2. The second-order valence-corrected chi connectivity index (χ2v) is 20.1. The van der Waals surface area contributed by atoms with Crippen LogP contribution in [0.5, 0.6) is 0 Å². The van der Waals surface area contributed by atoms with Crippen LogP contribution in [-0.2, 0) is 20.3 Å². The lowest BCUT2D eigenvalue weighted by Crippen LogP contribution is -2.55. The van der Waals surface area contributed by atoms with E-state index in [1.54, 1.807) is 47.6 Å². The van der Waals surface area contributed by atoms with Gasteiger partial charge in [0, 0.05) is 6.20 Å². The highest BCUT2D eigenvalue weighted by Gasteiger charge is 2.53. The van der Waals surface area contributed by atoms with Gasteiger partial charge in [-0.25, -0.2) is 14.6 Å². The lowest BCUT2D eigenvalue weighted by Gasteiger charge is -2.57. The highest BCUT2D eigenvalue weighted by Crippen LogP contribution is 2.57. The quantitative estimate of drug-likeness (QED) is 0.328. The van der Waals surface area contributed by atoms with Gasteiger partial charge in [0.25, 0.3) is 0 Å². The molecule has 0 spiro atoms. The molecular weight excluding hydrogens is 522 g/mol. The summed E-state index contributed by atoms with van der Waals surface area (Å²) in [6, 6.07) is 3.95. The third-order valence-electron chi connectivity index (χ3n) is 8.65. The molecule has 3 aliphatic rings. The molecule has 2 amide bonds. The Hall–Kier alpha value is -2.44. The maximum absolute atomic E-state index is 13.2. The van der Waals surface area contributed by atoms with Crippen LogP contribution < -0.4 is 4.90 Å². The minimum atomic E-state index is -1.89. The van der Waals surface area contributed by atoms with E-state index in [2.05, 4.69) is 44.9 Å². The van der Waals surface area contributed by atoms with Crippen molar-refractivity contribution < 1.29 is 23.5 Å². The third-order valence-corrected chi connectivity index (χ3v) is 13.2. The number of rotatable bonds is 5. The SMILES string of the molecule is CC(C)(C)OC(=O)N(C(=O)OC(C)(C)C)c1cc(CC23CCC(O[Si](C)(C)C(C)(C)C)(CC2)CC3)c(C#N)cn1. The highest BCUT2D eigenvalue weighted by atomic mass is 28.4. The van der Waals surface area contributed by atoms with Crippen molar-refractivity contribution >= 4 is 26.3 Å². The number of nitrogens with zero attached hydrogens (tertiary/aromatic N) is 3. The van der Waals surface area contributed by atoms with Gasteiger partial charge in [-0.05, 0) is 122 Å². The Balaban J connectivity index is 1.89. The standard InChI is InChI=1S/C31H49N3O5Si/c1-27(2,3)37-25(35)34(26(36)38-28(4,5)6)24-18-22(23(20-32)21-33-24)19-30-12-15-31(16-13-30,17-14-30)39-40(10,11)29(7,8)9/h18,21H,12-17,19H2,1-11H3. The van der Waals surface area contributed by atoms with Crippen molar-refractivity contribution in [2.75, 3.05) is 4.90 Å². The Bertz CT molecular complexity index is 1110. The number of imide groups is 1. The third kappa shape index (κ3) is 7.44. The molecule has 0 atom stereocenters. The summed E-state index contributed by atoms with van der Waals surface area (Å²) in [7, 11) is -1.89. The lowest BCUT2D eigenvalue weighted by molar-refractivity contribution is -0.0816. The molecule has 9 heteroatoms. The molecule has 0 unspecified atom stereocenters. The van der Waals surface area contributed by atoms with Crippen LogP contribution >= 0.6 is 0 Å². The van der Waals surface area contributed by atoms with E-state index in [9.17, 15) is 14.9 Å². The van der Waals surface area contributed by atoms with Crippen LogP contribution in [0.2, 0.25) is 18.1 Å². The number of aromatic nitrogens is 1. The smallest absolute Gasteiger partial charge is 0.425 e. The molecule has 0 saturated heterocycles. The van der Waals surface area contributed by atoms with E-state index in [4.69, 9.17) is 13.9 Å². The van der Waals surface area contributed by atoms with Crippen LogP contribution in [0.3, 0.4) is 0 Å². The average Bonchev–Trinajstić information content (AvgIpc) is 2.77. The van der Waals surface area contributed by atoms with E-state index in [0.717, 1.165) is 49.0 Å². The number of hydrogen-bond acceptors (Lipinski definition) is 7. The molecule has 222 valence electrons. The molecule has 0 aliphatic heterocycles. The summed E-state index contributed by atoms with van der Waals surface area (Å²) in [4.78, 5) is 31.5. The number of anilines is 1. The second-order valence-electron chi connectivity index (χ2n) is 15.3. The van der Waals surface area contributed by atoms with E-state index >= 15 is 0 Å². The van der Waals surface area contributed by atoms with Gasteiger partial charge in [0.05, 0.1) is 11.2 Å². The van der Waals surface area contributed by atoms with E-state index in [-0.39, 0.29) is 21.9 Å². The molecule has 40 heavy (non-hydrogen) atoms. The molecular formula is C31H49N3O5Si. The Morgan fingerprint density at radius 2 is 1.40 bits per heavy atom. The van der Waals surface area contributed by atoms with Gasteiger partial charge in [-0.1, -0.05) is 20.8 Å². The van der Waals surface area contributed by atoms with Crippen molar-refractivity contribution in [2.24, 2.45) is 5.41 Å². The lowest BCUT2D eigenvalue weighted by atomic mass is 9.57. The summed E-state index contributed by atoms with van der Waals surface area (Å²) in [6.45, 7) is 21.9. The van der Waals surface area contributed by atoms with Crippen molar-refractivity contribution in [1.82, 2.24) is 4.98 Å². The van der Waals surface area contributed by atoms with E-state index in [0.29, 0.717) is 12.0 Å². The molecule has 1 aromatic rings. The van der Waals surface area contributed by atoms with Gasteiger partial charge in [0.15, 0.2) is 8.32 Å². The largest absolute Gasteiger partial charge is 0.443 e. The summed E-state index contributed by atoms with van der Waals surface area (Å²) < 4.78 is 18.1. The summed E-state index contributed by atoms with van der Waals surface area (Å²) in [5.41, 5.74) is -0.415. The van der Waals surface area contributed by atoms with Crippen molar-refractivity contribution in [1.29, 1.82) is 5.26 Å². The molecule has 0 radical (unpaired) electrons. The molecule has 1 heterocycles. The van der Waals surface area contributed by atoms with Gasteiger partial charge < -0.3 is 13.9 Å². The summed E-state index contributed by atoms with van der Waals surface area (Å²) in [5.74, 6) is 0.0936. The van der Waals surface area contributed by atoms with Gasteiger partial charge in [0.1, 0.15) is 23.1 Å². The number of fused-ring (bicyclic) bond motifs is 3. The predicted molar refractivity (Wildman–Crippen MR) is 159 cm³/mol. The molecule has 1 aromatic heterocycles. The Labute approximate surface area is 241 Å². The number of hydrogen-bond donors (Lipinski definition) is 0. The van der Waals surface area contributed by atoms with Crippen LogP contribution in [0.1, 0.15) is 112 Å². The molecule has 4 rings (SSSR count). The van der Waals surface area contributed by atoms with Gasteiger partial charge in [-0.15, -0.1) is 0 Å². The topological polar surface area (TPSA) is 102 Å². The van der Waals surface area contributed by atoms with Crippen LogP contribution in [0.25, 0.3) is 0 Å².